The second-order valence-corrected chi connectivity index (χ2v) is 5.36. The summed E-state index contributed by atoms with van der Waals surface area (Å²) >= 11 is 5.86. The lowest BCUT2D eigenvalue weighted by Crippen LogP contribution is -2.25. The summed E-state index contributed by atoms with van der Waals surface area (Å²) in [5.74, 6) is 0.938. The molecule has 22 heavy (non-hydrogen) atoms. The van der Waals surface area contributed by atoms with Gasteiger partial charge in [-0.15, -0.1) is 0 Å². The van der Waals surface area contributed by atoms with Gasteiger partial charge < -0.3 is 10.6 Å². The fourth-order valence-corrected chi connectivity index (χ4v) is 2.02. The van der Waals surface area contributed by atoms with Crippen LogP contribution in [0.1, 0.15) is 36.1 Å². The largest absolute Gasteiger partial charge is 0.351 e. The van der Waals surface area contributed by atoms with Crippen LogP contribution in [-0.4, -0.2) is 22.4 Å². The Labute approximate surface area is 135 Å². The van der Waals surface area contributed by atoms with Gasteiger partial charge in [-0.05, 0) is 37.6 Å². The number of nitrogens with zero attached hydrogens (tertiary/aromatic N) is 2. The Morgan fingerprint density at radius 1 is 1.23 bits per heavy atom. The highest BCUT2D eigenvalue weighted by Crippen LogP contribution is 2.18. The van der Waals surface area contributed by atoms with Gasteiger partial charge in [0.05, 0.1) is 0 Å². The second kappa shape index (κ2) is 7.75. The monoisotopic (exact) mass is 318 g/mol. The molecule has 116 valence electrons. The van der Waals surface area contributed by atoms with Gasteiger partial charge in [0, 0.05) is 23.3 Å². The van der Waals surface area contributed by atoms with Crippen molar-refractivity contribution in [1.82, 2.24) is 15.3 Å². The minimum atomic E-state index is -0.182. The summed E-state index contributed by atoms with van der Waals surface area (Å²) in [6.45, 7) is 4.49. The lowest BCUT2D eigenvalue weighted by molar-refractivity contribution is 0.0948. The molecule has 0 saturated carbocycles. The van der Waals surface area contributed by atoms with Gasteiger partial charge >= 0.3 is 0 Å². The minimum Gasteiger partial charge on any atom is -0.351 e. The molecule has 1 aromatic carbocycles. The molecule has 0 aliphatic heterocycles. The summed E-state index contributed by atoms with van der Waals surface area (Å²) in [7, 11) is 0. The van der Waals surface area contributed by atoms with Gasteiger partial charge in [-0.2, -0.15) is 0 Å². The van der Waals surface area contributed by atoms with E-state index in [0.717, 1.165) is 18.5 Å². The summed E-state index contributed by atoms with van der Waals surface area (Å²) in [5.41, 5.74) is 1.21. The number of halogens is 1. The number of amides is 1. The maximum Gasteiger partial charge on any atom is 0.270 e. The third-order valence-electron chi connectivity index (χ3n) is 3.00. The molecule has 0 saturated heterocycles. The van der Waals surface area contributed by atoms with Crippen LogP contribution in [0.4, 0.5) is 11.5 Å². The molecule has 2 aromatic rings. The van der Waals surface area contributed by atoms with Crippen LogP contribution in [0.25, 0.3) is 0 Å². The van der Waals surface area contributed by atoms with E-state index in [9.17, 15) is 4.79 Å². The van der Waals surface area contributed by atoms with Crippen molar-refractivity contribution >= 4 is 29.0 Å². The van der Waals surface area contributed by atoms with E-state index in [4.69, 9.17) is 11.6 Å². The molecule has 0 fully saturated rings. The number of aryl methyl sites for hydroxylation is 1. The lowest BCUT2D eigenvalue weighted by Gasteiger charge is -2.09. The predicted molar refractivity (Wildman–Crippen MR) is 88.7 cm³/mol. The maximum atomic E-state index is 12.1. The Morgan fingerprint density at radius 2 is 1.95 bits per heavy atom. The second-order valence-electron chi connectivity index (χ2n) is 4.93. The van der Waals surface area contributed by atoms with E-state index >= 15 is 0 Å². The van der Waals surface area contributed by atoms with Crippen molar-refractivity contribution in [3.63, 3.8) is 0 Å². The molecule has 0 aliphatic carbocycles. The summed E-state index contributed by atoms with van der Waals surface area (Å²) in [6, 6.07) is 8.91. The van der Waals surface area contributed by atoms with Crippen LogP contribution >= 0.6 is 11.6 Å². The average molecular weight is 319 g/mol. The summed E-state index contributed by atoms with van der Waals surface area (Å²) < 4.78 is 0. The zero-order valence-corrected chi connectivity index (χ0v) is 13.4. The number of hydrogen-bond donors (Lipinski definition) is 2. The number of carbonyl (C=O) groups excluding carboxylic acids is 1. The Kier molecular flexibility index (Phi) is 5.72. The Hall–Kier alpha value is -2.14. The highest BCUT2D eigenvalue weighted by Gasteiger charge is 2.10. The molecule has 0 spiro atoms. The Bertz CT molecular complexity index is 643. The number of unbranched alkanes of at least 4 members (excludes halogenated alkanes) is 1. The van der Waals surface area contributed by atoms with Crippen molar-refractivity contribution in [2.24, 2.45) is 0 Å². The molecule has 6 heteroatoms. The number of anilines is 2. The first-order valence-corrected chi connectivity index (χ1v) is 7.62. The number of nitrogens with one attached hydrogen (secondary N) is 2. The average Bonchev–Trinajstić information content (AvgIpc) is 2.49. The molecule has 2 rings (SSSR count). The number of aromatic nitrogens is 2. The normalized spacial score (nSPS) is 10.3. The molecule has 1 amide bonds. The topological polar surface area (TPSA) is 66.9 Å². The predicted octanol–water partition coefficient (Wildman–Crippen LogP) is 3.71. The number of benzene rings is 1. The van der Waals surface area contributed by atoms with Crippen molar-refractivity contribution in [2.45, 2.75) is 26.7 Å². The molecule has 2 N–H and O–H groups in total. The standard InChI is InChI=1S/C16H19ClN4O/c1-3-4-9-18-16(22)14-10-15(20-11(2)19-14)21-13-7-5-12(17)6-8-13/h5-8,10H,3-4,9H2,1-2H3,(H,18,22)(H,19,20,21). The highest BCUT2D eigenvalue weighted by molar-refractivity contribution is 6.30. The third kappa shape index (κ3) is 4.70. The van der Waals surface area contributed by atoms with Crippen LogP contribution in [0.2, 0.25) is 5.02 Å². The molecule has 5 nitrogen and oxygen atoms in total. The van der Waals surface area contributed by atoms with Crippen LogP contribution in [0.15, 0.2) is 30.3 Å². The van der Waals surface area contributed by atoms with Crippen LogP contribution in [0.5, 0.6) is 0 Å². The third-order valence-corrected chi connectivity index (χ3v) is 3.26. The molecule has 0 radical (unpaired) electrons. The van der Waals surface area contributed by atoms with Gasteiger partial charge in [-0.3, -0.25) is 4.79 Å². The Balaban J connectivity index is 2.12. The summed E-state index contributed by atoms with van der Waals surface area (Å²) in [5, 5.41) is 6.66. The lowest BCUT2D eigenvalue weighted by atomic mass is 10.3. The first-order valence-electron chi connectivity index (χ1n) is 7.25. The van der Waals surface area contributed by atoms with Crippen molar-refractivity contribution in [3.05, 3.63) is 46.9 Å². The first kappa shape index (κ1) is 16.2. The van der Waals surface area contributed by atoms with Gasteiger partial charge in [0.15, 0.2) is 0 Å². The van der Waals surface area contributed by atoms with Gasteiger partial charge in [-0.25, -0.2) is 9.97 Å². The summed E-state index contributed by atoms with van der Waals surface area (Å²) in [4.78, 5) is 20.6. The van der Waals surface area contributed by atoms with E-state index < -0.39 is 0 Å². The van der Waals surface area contributed by atoms with E-state index in [1.807, 2.05) is 12.1 Å². The van der Waals surface area contributed by atoms with E-state index in [2.05, 4.69) is 27.5 Å². The van der Waals surface area contributed by atoms with Crippen LogP contribution in [0.3, 0.4) is 0 Å². The fraction of sp³-hybridized carbons (Fsp3) is 0.312. The van der Waals surface area contributed by atoms with Gasteiger partial charge in [0.25, 0.3) is 5.91 Å². The van der Waals surface area contributed by atoms with Gasteiger partial charge in [-0.1, -0.05) is 24.9 Å². The van der Waals surface area contributed by atoms with E-state index in [0.29, 0.717) is 28.9 Å². The first-order chi connectivity index (χ1) is 10.6. The smallest absolute Gasteiger partial charge is 0.270 e. The van der Waals surface area contributed by atoms with E-state index in [1.165, 1.54) is 0 Å². The van der Waals surface area contributed by atoms with Crippen molar-refractivity contribution in [1.29, 1.82) is 0 Å². The quantitative estimate of drug-likeness (QED) is 0.797. The number of rotatable bonds is 6. The number of carbonyl (C=O) groups is 1. The molecule has 0 aliphatic rings. The van der Waals surface area contributed by atoms with Gasteiger partial charge in [0.1, 0.15) is 17.3 Å². The van der Waals surface area contributed by atoms with E-state index in [-0.39, 0.29) is 5.91 Å². The molecular weight excluding hydrogens is 300 g/mol. The minimum absolute atomic E-state index is 0.182. The molecule has 0 unspecified atom stereocenters. The molecule has 1 heterocycles. The molecule has 1 aromatic heterocycles. The number of hydrogen-bond acceptors (Lipinski definition) is 4. The van der Waals surface area contributed by atoms with Crippen LogP contribution in [-0.2, 0) is 0 Å². The maximum absolute atomic E-state index is 12.1. The zero-order valence-electron chi connectivity index (χ0n) is 12.7. The van der Waals surface area contributed by atoms with E-state index in [1.54, 1.807) is 25.1 Å². The van der Waals surface area contributed by atoms with Crippen molar-refractivity contribution < 1.29 is 4.79 Å². The summed E-state index contributed by atoms with van der Waals surface area (Å²) in [6.07, 6.45) is 1.98. The van der Waals surface area contributed by atoms with Crippen LogP contribution in [0, 0.1) is 6.92 Å². The Morgan fingerprint density at radius 3 is 2.64 bits per heavy atom. The molecular formula is C16H19ClN4O. The molecule has 0 bridgehead atoms. The zero-order chi connectivity index (χ0) is 15.9. The fourth-order valence-electron chi connectivity index (χ4n) is 1.90. The highest BCUT2D eigenvalue weighted by atomic mass is 35.5. The van der Waals surface area contributed by atoms with Crippen molar-refractivity contribution in [3.8, 4) is 0 Å². The molecule has 0 atom stereocenters. The SMILES string of the molecule is CCCCNC(=O)c1cc(Nc2ccc(Cl)cc2)nc(C)n1. The van der Waals surface area contributed by atoms with Crippen LogP contribution < -0.4 is 10.6 Å². The van der Waals surface area contributed by atoms with Crippen molar-refractivity contribution in [2.75, 3.05) is 11.9 Å². The van der Waals surface area contributed by atoms with Gasteiger partial charge in [0.2, 0.25) is 0 Å².